The molecule has 1 aliphatic rings. The zero-order chi connectivity index (χ0) is 16.1. The fraction of sp³-hybridized carbons (Fsp3) is 0.588. The van der Waals surface area contributed by atoms with Gasteiger partial charge in [-0.15, -0.1) is 0 Å². The lowest BCUT2D eigenvalue weighted by Gasteiger charge is -2.29. The molecule has 1 aromatic carbocycles. The number of hydrogen-bond acceptors (Lipinski definition) is 5. The standard InChI is InChI=1S/C17H26N2O3/c1-19(2)18-17-13(10-16(21-4)22-5)7-6-12-8-9-14(20-3)11-15(12)17/h8-9,11,13,16H,6-7,10H2,1-5H3. The monoisotopic (exact) mass is 306 g/mol. The molecule has 0 bridgehead atoms. The maximum absolute atomic E-state index is 5.37. The van der Waals surface area contributed by atoms with E-state index in [1.807, 2.05) is 25.2 Å². The third-order valence-electron chi connectivity index (χ3n) is 4.05. The van der Waals surface area contributed by atoms with E-state index < -0.39 is 0 Å². The first-order chi connectivity index (χ1) is 10.6. The highest BCUT2D eigenvalue weighted by Crippen LogP contribution is 2.32. The number of fused-ring (bicyclic) bond motifs is 1. The Labute approximate surface area is 132 Å². The molecule has 0 aromatic heterocycles. The summed E-state index contributed by atoms with van der Waals surface area (Å²) in [6.07, 6.45) is 2.69. The van der Waals surface area contributed by atoms with Crippen LogP contribution in [0.1, 0.15) is 24.0 Å². The number of nitrogens with zero attached hydrogens (tertiary/aromatic N) is 2. The largest absolute Gasteiger partial charge is 0.497 e. The minimum atomic E-state index is -0.204. The molecule has 1 aromatic rings. The van der Waals surface area contributed by atoms with E-state index in [1.165, 1.54) is 11.1 Å². The van der Waals surface area contributed by atoms with Crippen molar-refractivity contribution in [3.63, 3.8) is 0 Å². The maximum atomic E-state index is 5.37. The van der Waals surface area contributed by atoms with Crippen molar-refractivity contribution in [2.45, 2.75) is 25.6 Å². The molecule has 0 saturated carbocycles. The molecule has 0 saturated heterocycles. The number of benzene rings is 1. The van der Waals surface area contributed by atoms with E-state index in [1.54, 1.807) is 21.3 Å². The second-order valence-corrected chi connectivity index (χ2v) is 5.73. The lowest BCUT2D eigenvalue weighted by atomic mass is 9.80. The molecule has 0 amide bonds. The average Bonchev–Trinajstić information content (AvgIpc) is 2.53. The average molecular weight is 306 g/mol. The third-order valence-corrected chi connectivity index (χ3v) is 4.05. The summed E-state index contributed by atoms with van der Waals surface area (Å²) < 4.78 is 16.1. The lowest BCUT2D eigenvalue weighted by molar-refractivity contribution is -0.110. The Morgan fingerprint density at radius 2 is 1.95 bits per heavy atom. The Balaban J connectivity index is 2.37. The quantitative estimate of drug-likeness (QED) is 0.598. The number of ether oxygens (including phenoxy) is 3. The minimum Gasteiger partial charge on any atom is -0.497 e. The first-order valence-electron chi connectivity index (χ1n) is 7.57. The van der Waals surface area contributed by atoms with Crippen molar-refractivity contribution in [3.8, 4) is 5.75 Å². The summed E-state index contributed by atoms with van der Waals surface area (Å²) in [6, 6.07) is 6.23. The van der Waals surface area contributed by atoms with Crippen LogP contribution in [0.15, 0.2) is 23.3 Å². The van der Waals surface area contributed by atoms with Gasteiger partial charge in [-0.1, -0.05) is 6.07 Å². The Morgan fingerprint density at radius 3 is 2.55 bits per heavy atom. The van der Waals surface area contributed by atoms with Gasteiger partial charge >= 0.3 is 0 Å². The van der Waals surface area contributed by atoms with E-state index >= 15 is 0 Å². The first-order valence-corrected chi connectivity index (χ1v) is 7.57. The highest BCUT2D eigenvalue weighted by Gasteiger charge is 2.29. The van der Waals surface area contributed by atoms with Crippen LogP contribution in [0.2, 0.25) is 0 Å². The molecule has 122 valence electrons. The highest BCUT2D eigenvalue weighted by atomic mass is 16.7. The summed E-state index contributed by atoms with van der Waals surface area (Å²) >= 11 is 0. The molecule has 1 atom stereocenters. The molecular weight excluding hydrogens is 280 g/mol. The van der Waals surface area contributed by atoms with Gasteiger partial charge < -0.3 is 19.2 Å². The highest BCUT2D eigenvalue weighted by molar-refractivity contribution is 6.04. The number of methoxy groups -OCH3 is 3. The second kappa shape index (κ2) is 7.61. The SMILES string of the molecule is COc1ccc2c(c1)C(=NN(C)C)C(CC(OC)OC)CC2. The van der Waals surface area contributed by atoms with Gasteiger partial charge in [0, 0.05) is 46.2 Å². The fourth-order valence-corrected chi connectivity index (χ4v) is 2.93. The Bertz CT molecular complexity index is 525. The summed E-state index contributed by atoms with van der Waals surface area (Å²) in [4.78, 5) is 0. The molecule has 1 unspecified atom stereocenters. The summed E-state index contributed by atoms with van der Waals surface area (Å²) in [5.74, 6) is 1.17. The first kappa shape index (κ1) is 16.8. The molecule has 1 aliphatic carbocycles. The van der Waals surface area contributed by atoms with Crippen LogP contribution < -0.4 is 4.74 Å². The second-order valence-electron chi connectivity index (χ2n) is 5.73. The Kier molecular flexibility index (Phi) is 5.80. The molecular formula is C17H26N2O3. The molecule has 0 heterocycles. The van der Waals surface area contributed by atoms with Gasteiger partial charge in [0.25, 0.3) is 0 Å². The molecule has 0 aliphatic heterocycles. The maximum Gasteiger partial charge on any atom is 0.157 e. The third kappa shape index (κ3) is 3.78. The predicted molar refractivity (Wildman–Crippen MR) is 87.5 cm³/mol. The molecule has 0 fully saturated rings. The van der Waals surface area contributed by atoms with Crippen molar-refractivity contribution in [2.24, 2.45) is 11.0 Å². The van der Waals surface area contributed by atoms with Crippen molar-refractivity contribution in [1.29, 1.82) is 0 Å². The van der Waals surface area contributed by atoms with Crippen LogP contribution in [0.3, 0.4) is 0 Å². The van der Waals surface area contributed by atoms with Gasteiger partial charge in [0.1, 0.15) is 5.75 Å². The van der Waals surface area contributed by atoms with Crippen LogP contribution >= 0.6 is 0 Å². The summed E-state index contributed by atoms with van der Waals surface area (Å²) in [5, 5.41) is 6.59. The fourth-order valence-electron chi connectivity index (χ4n) is 2.93. The number of hydrazone groups is 1. The summed E-state index contributed by atoms with van der Waals surface area (Å²) in [7, 11) is 8.94. The minimum absolute atomic E-state index is 0.204. The number of hydrogen-bond donors (Lipinski definition) is 0. The molecule has 0 radical (unpaired) electrons. The van der Waals surface area contributed by atoms with Crippen LogP contribution in [0.4, 0.5) is 0 Å². The van der Waals surface area contributed by atoms with Crippen molar-refractivity contribution >= 4 is 5.71 Å². The van der Waals surface area contributed by atoms with E-state index in [0.29, 0.717) is 5.92 Å². The number of aryl methyl sites for hydroxylation is 1. The zero-order valence-corrected chi connectivity index (χ0v) is 14.1. The van der Waals surface area contributed by atoms with Crippen LogP contribution in [-0.4, -0.2) is 52.4 Å². The molecule has 22 heavy (non-hydrogen) atoms. The van der Waals surface area contributed by atoms with Gasteiger partial charge in [0.05, 0.1) is 12.8 Å². The van der Waals surface area contributed by atoms with Crippen molar-refractivity contribution in [3.05, 3.63) is 29.3 Å². The smallest absolute Gasteiger partial charge is 0.157 e. The van der Waals surface area contributed by atoms with Gasteiger partial charge in [-0.05, 0) is 30.5 Å². The molecule has 5 heteroatoms. The van der Waals surface area contributed by atoms with Crippen LogP contribution in [-0.2, 0) is 15.9 Å². The summed E-state index contributed by atoms with van der Waals surface area (Å²) in [6.45, 7) is 0. The van der Waals surface area contributed by atoms with Gasteiger partial charge in [0.2, 0.25) is 0 Å². The van der Waals surface area contributed by atoms with Gasteiger partial charge in [-0.3, -0.25) is 0 Å². The predicted octanol–water partition coefficient (Wildman–Crippen LogP) is 2.53. The summed E-state index contributed by atoms with van der Waals surface area (Å²) in [5.41, 5.74) is 3.59. The molecule has 0 N–H and O–H groups in total. The normalized spacial score (nSPS) is 19.4. The van der Waals surface area contributed by atoms with Gasteiger partial charge in [-0.2, -0.15) is 5.10 Å². The number of rotatable bonds is 6. The Morgan fingerprint density at radius 1 is 1.23 bits per heavy atom. The van der Waals surface area contributed by atoms with E-state index in [9.17, 15) is 0 Å². The van der Waals surface area contributed by atoms with E-state index in [2.05, 4.69) is 12.1 Å². The van der Waals surface area contributed by atoms with Gasteiger partial charge in [-0.25, -0.2) is 0 Å². The molecule has 5 nitrogen and oxygen atoms in total. The topological polar surface area (TPSA) is 43.3 Å². The lowest BCUT2D eigenvalue weighted by Crippen LogP contribution is -2.30. The van der Waals surface area contributed by atoms with E-state index in [4.69, 9.17) is 19.3 Å². The van der Waals surface area contributed by atoms with Crippen LogP contribution in [0.25, 0.3) is 0 Å². The Hall–Kier alpha value is -1.59. The van der Waals surface area contributed by atoms with Crippen LogP contribution in [0, 0.1) is 5.92 Å². The van der Waals surface area contributed by atoms with Crippen molar-refractivity contribution < 1.29 is 14.2 Å². The molecule has 2 rings (SSSR count). The van der Waals surface area contributed by atoms with Gasteiger partial charge in [0.15, 0.2) is 6.29 Å². The zero-order valence-electron chi connectivity index (χ0n) is 14.1. The van der Waals surface area contributed by atoms with Crippen LogP contribution in [0.5, 0.6) is 5.75 Å². The van der Waals surface area contributed by atoms with E-state index in [0.717, 1.165) is 30.7 Å². The van der Waals surface area contributed by atoms with Crippen molar-refractivity contribution in [2.75, 3.05) is 35.4 Å². The van der Waals surface area contributed by atoms with Crippen molar-refractivity contribution in [1.82, 2.24) is 5.01 Å². The molecule has 0 spiro atoms. The van der Waals surface area contributed by atoms with E-state index in [-0.39, 0.29) is 6.29 Å².